The molecular formula is C10H11O2. The zero-order valence-electron chi connectivity index (χ0n) is 7.04. The second-order valence-electron chi connectivity index (χ2n) is 2.69. The summed E-state index contributed by atoms with van der Waals surface area (Å²) in [6, 6.07) is 5.96. The van der Waals surface area contributed by atoms with Crippen molar-refractivity contribution < 1.29 is 9.47 Å². The second kappa shape index (κ2) is 3.05. The van der Waals surface area contributed by atoms with Crippen molar-refractivity contribution in [3.63, 3.8) is 0 Å². The maximum atomic E-state index is 5.42. The van der Waals surface area contributed by atoms with Crippen molar-refractivity contribution in [1.29, 1.82) is 0 Å². The van der Waals surface area contributed by atoms with Crippen molar-refractivity contribution in [2.75, 3.05) is 13.2 Å². The highest BCUT2D eigenvalue weighted by Crippen LogP contribution is 2.30. The van der Waals surface area contributed by atoms with Crippen LogP contribution >= 0.6 is 0 Å². The Bertz CT molecular complexity index is 281. The van der Waals surface area contributed by atoms with E-state index in [0.29, 0.717) is 13.2 Å². The molecule has 0 N–H and O–H groups in total. The molecule has 1 aromatic carbocycles. The Kier molecular flexibility index (Phi) is 1.90. The van der Waals surface area contributed by atoms with Crippen LogP contribution in [0.4, 0.5) is 0 Å². The first-order valence-corrected chi connectivity index (χ1v) is 4.09. The maximum Gasteiger partial charge on any atom is 0.161 e. The van der Waals surface area contributed by atoms with Gasteiger partial charge in [0.15, 0.2) is 11.5 Å². The first kappa shape index (κ1) is 7.47. The third-order valence-corrected chi connectivity index (χ3v) is 1.90. The Morgan fingerprint density at radius 2 is 1.92 bits per heavy atom. The Hall–Kier alpha value is -1.18. The van der Waals surface area contributed by atoms with Crippen molar-refractivity contribution in [2.24, 2.45) is 0 Å². The number of ether oxygens (including phenoxy) is 2. The van der Waals surface area contributed by atoms with Crippen LogP contribution < -0.4 is 9.47 Å². The number of benzene rings is 1. The third kappa shape index (κ3) is 1.24. The topological polar surface area (TPSA) is 18.5 Å². The van der Waals surface area contributed by atoms with Crippen LogP contribution in [-0.2, 0) is 0 Å². The van der Waals surface area contributed by atoms with Crippen LogP contribution in [0.1, 0.15) is 12.5 Å². The van der Waals surface area contributed by atoms with Gasteiger partial charge in [-0.3, -0.25) is 0 Å². The van der Waals surface area contributed by atoms with Crippen molar-refractivity contribution >= 4 is 0 Å². The molecule has 1 radical (unpaired) electrons. The predicted molar refractivity (Wildman–Crippen MR) is 46.5 cm³/mol. The van der Waals surface area contributed by atoms with Crippen LogP contribution in [-0.4, -0.2) is 13.2 Å². The number of rotatable bonds is 1. The Balaban J connectivity index is 2.36. The van der Waals surface area contributed by atoms with Gasteiger partial charge in [-0.15, -0.1) is 0 Å². The fourth-order valence-corrected chi connectivity index (χ4v) is 1.24. The molecule has 1 heterocycles. The van der Waals surface area contributed by atoms with Crippen LogP contribution in [0.2, 0.25) is 0 Å². The summed E-state index contributed by atoms with van der Waals surface area (Å²) in [6.45, 7) is 3.31. The normalized spacial score (nSPS) is 14.4. The molecule has 12 heavy (non-hydrogen) atoms. The van der Waals surface area contributed by atoms with Crippen LogP contribution in [0, 0.1) is 6.42 Å². The monoisotopic (exact) mass is 163 g/mol. The van der Waals surface area contributed by atoms with Crippen molar-refractivity contribution in [2.45, 2.75) is 6.92 Å². The fraction of sp³-hybridized carbons (Fsp3) is 0.300. The average Bonchev–Trinajstić information content (AvgIpc) is 2.17. The summed E-state index contributed by atoms with van der Waals surface area (Å²) in [6.07, 6.45) is 2.04. The molecule has 1 aliphatic heterocycles. The van der Waals surface area contributed by atoms with Gasteiger partial charge in [-0.2, -0.15) is 0 Å². The van der Waals surface area contributed by atoms with E-state index in [4.69, 9.17) is 9.47 Å². The highest BCUT2D eigenvalue weighted by atomic mass is 16.6. The molecule has 0 saturated carbocycles. The molecule has 0 unspecified atom stereocenters. The summed E-state index contributed by atoms with van der Waals surface area (Å²) < 4.78 is 10.8. The van der Waals surface area contributed by atoms with E-state index < -0.39 is 0 Å². The lowest BCUT2D eigenvalue weighted by molar-refractivity contribution is 0.171. The highest BCUT2D eigenvalue weighted by molar-refractivity contribution is 5.45. The lowest BCUT2D eigenvalue weighted by Gasteiger charge is -2.18. The van der Waals surface area contributed by atoms with Crippen molar-refractivity contribution in [3.8, 4) is 11.5 Å². The first-order valence-electron chi connectivity index (χ1n) is 4.09. The minimum Gasteiger partial charge on any atom is -0.486 e. The lowest BCUT2D eigenvalue weighted by atomic mass is 10.1. The van der Waals surface area contributed by atoms with Crippen molar-refractivity contribution in [3.05, 3.63) is 30.2 Å². The van der Waals surface area contributed by atoms with Crippen molar-refractivity contribution in [1.82, 2.24) is 0 Å². The van der Waals surface area contributed by atoms with Gasteiger partial charge in [-0.25, -0.2) is 0 Å². The zero-order valence-corrected chi connectivity index (χ0v) is 7.04. The molecule has 2 heteroatoms. The molecule has 0 atom stereocenters. The van der Waals surface area contributed by atoms with E-state index in [9.17, 15) is 0 Å². The molecule has 0 fully saturated rings. The standard InChI is InChI=1S/C10H11O2/c1-2-8-3-4-9-10(7-8)12-6-5-11-9/h2-4,7H,5-6H2,1H3. The molecule has 0 saturated heterocycles. The number of fused-ring (bicyclic) bond motifs is 1. The van der Waals surface area contributed by atoms with Gasteiger partial charge < -0.3 is 9.47 Å². The molecule has 63 valence electrons. The van der Waals surface area contributed by atoms with Crippen LogP contribution in [0.25, 0.3) is 0 Å². The van der Waals surface area contributed by atoms with Crippen LogP contribution in [0.5, 0.6) is 11.5 Å². The first-order chi connectivity index (χ1) is 5.90. The summed E-state index contributed by atoms with van der Waals surface area (Å²) in [5.41, 5.74) is 1.17. The van der Waals surface area contributed by atoms with E-state index >= 15 is 0 Å². The Labute approximate surface area is 72.1 Å². The van der Waals surface area contributed by atoms with Crippen LogP contribution in [0.3, 0.4) is 0 Å². The van der Waals surface area contributed by atoms with E-state index in [2.05, 4.69) is 0 Å². The quantitative estimate of drug-likeness (QED) is 0.630. The summed E-state index contributed by atoms with van der Waals surface area (Å²) >= 11 is 0. The van der Waals surface area contributed by atoms with Gasteiger partial charge in [0.1, 0.15) is 13.2 Å². The molecule has 2 nitrogen and oxygen atoms in total. The molecule has 2 rings (SSSR count). The van der Waals surface area contributed by atoms with Gasteiger partial charge in [0.25, 0.3) is 0 Å². The van der Waals surface area contributed by atoms with E-state index in [-0.39, 0.29) is 0 Å². The van der Waals surface area contributed by atoms with E-state index in [1.165, 1.54) is 5.56 Å². The minimum atomic E-state index is 0.653. The largest absolute Gasteiger partial charge is 0.486 e. The number of hydrogen-bond donors (Lipinski definition) is 0. The zero-order chi connectivity index (χ0) is 8.39. The molecular weight excluding hydrogens is 152 g/mol. The Morgan fingerprint density at radius 1 is 1.17 bits per heavy atom. The van der Waals surface area contributed by atoms with Gasteiger partial charge >= 0.3 is 0 Å². The molecule has 0 bridgehead atoms. The summed E-state index contributed by atoms with van der Waals surface area (Å²) in [7, 11) is 0. The second-order valence-corrected chi connectivity index (χ2v) is 2.69. The molecule has 1 aromatic rings. The average molecular weight is 163 g/mol. The van der Waals surface area contributed by atoms with Gasteiger partial charge in [0.2, 0.25) is 0 Å². The summed E-state index contributed by atoms with van der Waals surface area (Å²) in [5, 5.41) is 0. The fourth-order valence-electron chi connectivity index (χ4n) is 1.24. The Morgan fingerprint density at radius 3 is 2.67 bits per heavy atom. The summed E-state index contributed by atoms with van der Waals surface area (Å²) in [5.74, 6) is 1.71. The molecule has 0 aliphatic carbocycles. The van der Waals surface area contributed by atoms with Gasteiger partial charge in [-0.05, 0) is 24.1 Å². The van der Waals surface area contributed by atoms with Crippen LogP contribution in [0.15, 0.2) is 18.2 Å². The number of hydrogen-bond acceptors (Lipinski definition) is 2. The molecule has 0 amide bonds. The predicted octanol–water partition coefficient (Wildman–Crippen LogP) is 2.03. The highest BCUT2D eigenvalue weighted by Gasteiger charge is 2.10. The lowest BCUT2D eigenvalue weighted by Crippen LogP contribution is -2.15. The van der Waals surface area contributed by atoms with E-state index in [1.807, 2.05) is 31.5 Å². The molecule has 0 spiro atoms. The SMILES string of the molecule is C[CH]c1ccc2c(c1)OCCO2. The molecule has 0 aromatic heterocycles. The van der Waals surface area contributed by atoms with Gasteiger partial charge in [0, 0.05) is 0 Å². The maximum absolute atomic E-state index is 5.42. The van der Waals surface area contributed by atoms with Gasteiger partial charge in [-0.1, -0.05) is 13.0 Å². The third-order valence-electron chi connectivity index (χ3n) is 1.90. The molecule has 1 aliphatic rings. The van der Waals surface area contributed by atoms with E-state index in [1.54, 1.807) is 0 Å². The smallest absolute Gasteiger partial charge is 0.161 e. The van der Waals surface area contributed by atoms with Gasteiger partial charge in [0.05, 0.1) is 0 Å². The summed E-state index contributed by atoms with van der Waals surface area (Å²) in [4.78, 5) is 0. The van der Waals surface area contributed by atoms with E-state index in [0.717, 1.165) is 11.5 Å². The minimum absolute atomic E-state index is 0.653.